The highest BCUT2D eigenvalue weighted by Gasteiger charge is 2.58. The average molecular weight is 254 g/mol. The van der Waals surface area contributed by atoms with Crippen LogP contribution in [0, 0.1) is 23.2 Å². The molecule has 1 saturated heterocycles. The Morgan fingerprint density at radius 1 is 1.29 bits per heavy atom. The molecule has 0 amide bonds. The van der Waals surface area contributed by atoms with Crippen LogP contribution in [0.5, 0.6) is 0 Å². The first-order valence-electron chi connectivity index (χ1n) is 7.13. The molecule has 3 N–H and O–H groups in total. The number of thiol groups is 1. The van der Waals surface area contributed by atoms with E-state index >= 15 is 0 Å². The standard InChI is InChI=1S/C14H26N2S/c1-13(2,17)10-5-3-4-9-6-14(7-16-8-14)12(15)11(9)10/h9-12,16-17H,3-8,15H2,1-2H3. The smallest absolute Gasteiger partial charge is 0.0154 e. The van der Waals surface area contributed by atoms with Gasteiger partial charge in [-0.25, -0.2) is 0 Å². The topological polar surface area (TPSA) is 38.0 Å². The number of rotatable bonds is 1. The van der Waals surface area contributed by atoms with E-state index in [0.717, 1.165) is 24.9 Å². The van der Waals surface area contributed by atoms with Gasteiger partial charge in [-0.15, -0.1) is 0 Å². The van der Waals surface area contributed by atoms with Crippen LogP contribution in [-0.2, 0) is 0 Å². The van der Waals surface area contributed by atoms with Crippen molar-refractivity contribution in [1.29, 1.82) is 0 Å². The Bertz CT molecular complexity index is 306. The molecular weight excluding hydrogens is 228 g/mol. The highest BCUT2D eigenvalue weighted by molar-refractivity contribution is 7.81. The summed E-state index contributed by atoms with van der Waals surface area (Å²) in [5.74, 6) is 2.30. The summed E-state index contributed by atoms with van der Waals surface area (Å²) in [6.45, 7) is 6.86. The lowest BCUT2D eigenvalue weighted by atomic mass is 9.67. The molecule has 98 valence electrons. The van der Waals surface area contributed by atoms with Crippen molar-refractivity contribution in [2.75, 3.05) is 13.1 Å². The maximum atomic E-state index is 6.64. The average Bonchev–Trinajstić information content (AvgIpc) is 2.50. The number of nitrogens with one attached hydrogen (secondary N) is 1. The van der Waals surface area contributed by atoms with Crippen molar-refractivity contribution in [2.24, 2.45) is 28.9 Å². The maximum absolute atomic E-state index is 6.64. The van der Waals surface area contributed by atoms with E-state index in [1.807, 2.05) is 0 Å². The van der Waals surface area contributed by atoms with Gasteiger partial charge in [0.25, 0.3) is 0 Å². The summed E-state index contributed by atoms with van der Waals surface area (Å²) in [7, 11) is 0. The van der Waals surface area contributed by atoms with E-state index in [1.54, 1.807) is 0 Å². The van der Waals surface area contributed by atoms with E-state index < -0.39 is 0 Å². The first kappa shape index (κ1) is 12.3. The minimum atomic E-state index is 0.129. The van der Waals surface area contributed by atoms with E-state index in [9.17, 15) is 0 Å². The summed E-state index contributed by atoms with van der Waals surface area (Å²) in [6.07, 6.45) is 5.48. The molecule has 2 nitrogen and oxygen atoms in total. The predicted octanol–water partition coefficient (Wildman–Crippen LogP) is 2.05. The molecule has 1 spiro atoms. The number of hydrogen-bond donors (Lipinski definition) is 3. The van der Waals surface area contributed by atoms with Crippen LogP contribution in [0.15, 0.2) is 0 Å². The largest absolute Gasteiger partial charge is 0.327 e. The lowest BCUT2D eigenvalue weighted by Crippen LogP contribution is -2.62. The third-order valence-electron chi connectivity index (χ3n) is 5.75. The Morgan fingerprint density at radius 2 is 2.00 bits per heavy atom. The Hall–Kier alpha value is 0.270. The third kappa shape index (κ3) is 1.77. The quantitative estimate of drug-likeness (QED) is 0.627. The second kappa shape index (κ2) is 3.88. The highest BCUT2D eigenvalue weighted by Crippen LogP contribution is 2.57. The maximum Gasteiger partial charge on any atom is 0.0154 e. The molecule has 0 aromatic heterocycles. The molecule has 3 rings (SSSR count). The molecule has 3 fully saturated rings. The van der Waals surface area contributed by atoms with Crippen LogP contribution in [0.4, 0.5) is 0 Å². The molecule has 0 radical (unpaired) electrons. The monoisotopic (exact) mass is 254 g/mol. The van der Waals surface area contributed by atoms with E-state index in [2.05, 4.69) is 19.2 Å². The van der Waals surface area contributed by atoms with Crippen LogP contribution >= 0.6 is 12.6 Å². The molecule has 17 heavy (non-hydrogen) atoms. The molecule has 1 aliphatic heterocycles. The minimum absolute atomic E-state index is 0.129. The van der Waals surface area contributed by atoms with Crippen molar-refractivity contribution in [2.45, 2.75) is 50.3 Å². The van der Waals surface area contributed by atoms with Gasteiger partial charge in [-0.3, -0.25) is 0 Å². The first-order chi connectivity index (χ1) is 7.94. The van der Waals surface area contributed by atoms with E-state index in [1.165, 1.54) is 25.7 Å². The number of nitrogens with two attached hydrogens (primary N) is 1. The summed E-state index contributed by atoms with van der Waals surface area (Å²) in [5.41, 5.74) is 7.08. The zero-order valence-electron chi connectivity index (χ0n) is 11.1. The van der Waals surface area contributed by atoms with Crippen molar-refractivity contribution < 1.29 is 0 Å². The fourth-order valence-electron chi connectivity index (χ4n) is 4.81. The lowest BCUT2D eigenvalue weighted by Gasteiger charge is -2.47. The third-order valence-corrected chi connectivity index (χ3v) is 6.08. The Balaban J connectivity index is 1.86. The second-order valence-corrected chi connectivity index (χ2v) is 8.38. The van der Waals surface area contributed by atoms with Gasteiger partial charge < -0.3 is 11.1 Å². The number of hydrogen-bond acceptors (Lipinski definition) is 3. The lowest BCUT2D eigenvalue weighted by molar-refractivity contribution is 0.111. The van der Waals surface area contributed by atoms with E-state index in [0.29, 0.717) is 17.4 Å². The molecule has 0 aromatic rings. The fourth-order valence-corrected chi connectivity index (χ4v) is 5.11. The van der Waals surface area contributed by atoms with Gasteiger partial charge >= 0.3 is 0 Å². The van der Waals surface area contributed by atoms with Gasteiger partial charge in [0.15, 0.2) is 0 Å². The zero-order valence-corrected chi connectivity index (χ0v) is 12.0. The van der Waals surface area contributed by atoms with Gasteiger partial charge in [0.1, 0.15) is 0 Å². The molecule has 1 heterocycles. The van der Waals surface area contributed by atoms with E-state index in [4.69, 9.17) is 18.4 Å². The van der Waals surface area contributed by atoms with Gasteiger partial charge in [-0.2, -0.15) is 12.6 Å². The molecule has 2 saturated carbocycles. The van der Waals surface area contributed by atoms with Crippen LogP contribution in [-0.4, -0.2) is 23.9 Å². The molecule has 4 atom stereocenters. The summed E-state index contributed by atoms with van der Waals surface area (Å²) in [6, 6.07) is 0.408. The fraction of sp³-hybridized carbons (Fsp3) is 1.00. The van der Waals surface area contributed by atoms with E-state index in [-0.39, 0.29) is 4.75 Å². The van der Waals surface area contributed by atoms with Crippen LogP contribution in [0.25, 0.3) is 0 Å². The predicted molar refractivity (Wildman–Crippen MR) is 75.3 cm³/mol. The summed E-state index contributed by atoms with van der Waals surface area (Å²) >= 11 is 4.85. The van der Waals surface area contributed by atoms with Gasteiger partial charge in [0.2, 0.25) is 0 Å². The molecule has 2 aliphatic carbocycles. The Labute approximate surface area is 111 Å². The van der Waals surface area contributed by atoms with Gasteiger partial charge in [0.05, 0.1) is 0 Å². The summed E-state index contributed by atoms with van der Waals surface area (Å²) < 4.78 is 0.129. The Morgan fingerprint density at radius 3 is 2.53 bits per heavy atom. The Kier molecular flexibility index (Phi) is 2.81. The second-order valence-electron chi connectivity index (χ2n) is 7.22. The SMILES string of the molecule is CC(C)(S)C1CCCC2CC3(CNC3)C(N)C21. The van der Waals surface area contributed by atoms with Crippen molar-refractivity contribution in [3.8, 4) is 0 Å². The van der Waals surface area contributed by atoms with Gasteiger partial charge in [-0.05, 0) is 30.6 Å². The highest BCUT2D eigenvalue weighted by atomic mass is 32.1. The van der Waals surface area contributed by atoms with Gasteiger partial charge in [0, 0.05) is 29.3 Å². The van der Waals surface area contributed by atoms with Crippen LogP contribution in [0.2, 0.25) is 0 Å². The van der Waals surface area contributed by atoms with Gasteiger partial charge in [-0.1, -0.05) is 26.7 Å². The molecular formula is C14H26N2S. The van der Waals surface area contributed by atoms with Crippen LogP contribution < -0.4 is 11.1 Å². The van der Waals surface area contributed by atoms with Crippen molar-refractivity contribution in [3.05, 3.63) is 0 Å². The summed E-state index contributed by atoms with van der Waals surface area (Å²) in [4.78, 5) is 0. The molecule has 0 aromatic carbocycles. The molecule has 3 aliphatic rings. The van der Waals surface area contributed by atoms with Crippen molar-refractivity contribution >= 4 is 12.6 Å². The minimum Gasteiger partial charge on any atom is -0.327 e. The van der Waals surface area contributed by atoms with Crippen LogP contribution in [0.1, 0.15) is 39.5 Å². The molecule has 0 bridgehead atoms. The summed E-state index contributed by atoms with van der Waals surface area (Å²) in [5, 5.41) is 3.44. The molecule has 3 heteroatoms. The normalized spacial score (nSPS) is 44.5. The molecule has 4 unspecified atom stereocenters. The first-order valence-corrected chi connectivity index (χ1v) is 7.57. The zero-order chi connectivity index (χ0) is 12.3. The van der Waals surface area contributed by atoms with Crippen molar-refractivity contribution in [3.63, 3.8) is 0 Å². The van der Waals surface area contributed by atoms with Crippen LogP contribution in [0.3, 0.4) is 0 Å². The van der Waals surface area contributed by atoms with Crippen molar-refractivity contribution in [1.82, 2.24) is 5.32 Å². The number of fused-ring (bicyclic) bond motifs is 1.